The molecule has 0 aromatic carbocycles. The van der Waals surface area contributed by atoms with E-state index in [1.54, 1.807) is 0 Å². The molecule has 0 radical (unpaired) electrons. The number of aromatic amines is 1. The van der Waals surface area contributed by atoms with Gasteiger partial charge in [0, 0.05) is 6.54 Å². The van der Waals surface area contributed by atoms with E-state index in [1.165, 1.54) is 5.56 Å². The van der Waals surface area contributed by atoms with Crippen molar-refractivity contribution in [3.05, 3.63) is 17.5 Å². The molecule has 62 valence electrons. The van der Waals surface area contributed by atoms with E-state index < -0.39 is 0 Å². The van der Waals surface area contributed by atoms with Gasteiger partial charge in [-0.1, -0.05) is 0 Å². The molecule has 0 bridgehead atoms. The molecular formula is C7H14N4. The lowest BCUT2D eigenvalue weighted by Crippen LogP contribution is -2.04. The average molecular weight is 154 g/mol. The molecule has 1 heterocycles. The van der Waals surface area contributed by atoms with Gasteiger partial charge in [0.2, 0.25) is 0 Å². The van der Waals surface area contributed by atoms with Gasteiger partial charge in [-0.15, -0.1) is 0 Å². The Kier molecular flexibility index (Phi) is 3.07. The summed E-state index contributed by atoms with van der Waals surface area (Å²) in [6, 6.07) is 0. The van der Waals surface area contributed by atoms with Crippen molar-refractivity contribution in [2.75, 3.05) is 6.54 Å². The van der Waals surface area contributed by atoms with Gasteiger partial charge in [-0.05, 0) is 24.9 Å². The molecule has 5 N–H and O–H groups in total. The van der Waals surface area contributed by atoms with Crippen molar-refractivity contribution in [3.8, 4) is 0 Å². The van der Waals surface area contributed by atoms with Gasteiger partial charge in [-0.3, -0.25) is 5.10 Å². The normalized spacial score (nSPS) is 10.4. The zero-order valence-corrected chi connectivity index (χ0v) is 6.51. The molecule has 4 nitrogen and oxygen atoms in total. The Balaban J connectivity index is 2.54. The third-order valence-corrected chi connectivity index (χ3v) is 1.66. The number of hydrogen-bond acceptors (Lipinski definition) is 3. The first kappa shape index (κ1) is 8.23. The van der Waals surface area contributed by atoms with Crippen LogP contribution in [0, 0.1) is 0 Å². The number of nitrogens with zero attached hydrogens (tertiary/aromatic N) is 1. The molecule has 0 saturated heterocycles. The van der Waals surface area contributed by atoms with E-state index in [0.29, 0.717) is 6.54 Å². The Hall–Kier alpha value is -0.870. The van der Waals surface area contributed by atoms with E-state index in [0.717, 1.165) is 25.1 Å². The minimum atomic E-state index is 0.528. The van der Waals surface area contributed by atoms with Crippen molar-refractivity contribution in [2.24, 2.45) is 11.5 Å². The summed E-state index contributed by atoms with van der Waals surface area (Å²) in [6.45, 7) is 1.25. The molecule has 0 amide bonds. The number of aromatic nitrogens is 2. The molecule has 1 aromatic heterocycles. The summed E-state index contributed by atoms with van der Waals surface area (Å²) in [4.78, 5) is 0. The van der Waals surface area contributed by atoms with Crippen LogP contribution in [-0.2, 0) is 13.0 Å². The van der Waals surface area contributed by atoms with Crippen LogP contribution in [0.15, 0.2) is 6.20 Å². The molecule has 1 rings (SSSR count). The van der Waals surface area contributed by atoms with Crippen LogP contribution in [-0.4, -0.2) is 16.7 Å². The fraction of sp³-hybridized carbons (Fsp3) is 0.571. The Morgan fingerprint density at radius 2 is 2.27 bits per heavy atom. The molecule has 0 saturated carbocycles. The van der Waals surface area contributed by atoms with Crippen molar-refractivity contribution in [2.45, 2.75) is 19.4 Å². The number of H-pyrrole nitrogens is 1. The third kappa shape index (κ3) is 2.03. The van der Waals surface area contributed by atoms with Crippen LogP contribution in [0.2, 0.25) is 0 Å². The zero-order valence-electron chi connectivity index (χ0n) is 6.51. The van der Waals surface area contributed by atoms with Crippen LogP contribution >= 0.6 is 0 Å². The number of hydrogen-bond donors (Lipinski definition) is 3. The molecule has 0 atom stereocenters. The fourth-order valence-electron chi connectivity index (χ4n) is 1.02. The summed E-state index contributed by atoms with van der Waals surface area (Å²) in [6.07, 6.45) is 3.78. The molecule has 0 spiro atoms. The second-order valence-corrected chi connectivity index (χ2v) is 2.47. The second-order valence-electron chi connectivity index (χ2n) is 2.47. The molecule has 0 fully saturated rings. The Bertz CT molecular complexity index is 206. The predicted molar refractivity (Wildman–Crippen MR) is 43.9 cm³/mol. The van der Waals surface area contributed by atoms with Crippen molar-refractivity contribution in [3.63, 3.8) is 0 Å². The van der Waals surface area contributed by atoms with Gasteiger partial charge in [0.1, 0.15) is 0 Å². The Morgan fingerprint density at radius 3 is 2.91 bits per heavy atom. The number of rotatable bonds is 4. The summed E-state index contributed by atoms with van der Waals surface area (Å²) in [5.41, 5.74) is 13.1. The molecule has 0 unspecified atom stereocenters. The first-order chi connectivity index (χ1) is 5.38. The molecule has 0 aliphatic carbocycles. The SMILES string of the molecule is NCCCc1cn[nH]c1CN. The minimum Gasteiger partial charge on any atom is -0.330 e. The standard InChI is InChI=1S/C7H14N4/c8-3-1-2-6-5-10-11-7(6)4-9/h5H,1-4,8-9H2,(H,10,11). The number of nitrogens with one attached hydrogen (secondary N) is 1. The van der Waals surface area contributed by atoms with Crippen LogP contribution in [0.5, 0.6) is 0 Å². The highest BCUT2D eigenvalue weighted by Gasteiger charge is 2.00. The predicted octanol–water partition coefficient (Wildman–Crippen LogP) is -0.240. The first-order valence-electron chi connectivity index (χ1n) is 3.79. The quantitative estimate of drug-likeness (QED) is 0.560. The summed E-state index contributed by atoms with van der Waals surface area (Å²) >= 11 is 0. The minimum absolute atomic E-state index is 0.528. The topological polar surface area (TPSA) is 80.7 Å². The fourth-order valence-corrected chi connectivity index (χ4v) is 1.02. The highest BCUT2D eigenvalue weighted by Crippen LogP contribution is 2.05. The monoisotopic (exact) mass is 154 g/mol. The summed E-state index contributed by atoms with van der Waals surface area (Å²) in [5.74, 6) is 0. The van der Waals surface area contributed by atoms with Gasteiger partial charge in [-0.2, -0.15) is 5.10 Å². The maximum absolute atomic E-state index is 5.46. The second kappa shape index (κ2) is 4.10. The van der Waals surface area contributed by atoms with Gasteiger partial charge >= 0.3 is 0 Å². The molecule has 0 aliphatic heterocycles. The van der Waals surface area contributed by atoms with Crippen LogP contribution in [0.25, 0.3) is 0 Å². The number of aryl methyl sites for hydroxylation is 1. The van der Waals surface area contributed by atoms with Crippen molar-refractivity contribution in [1.82, 2.24) is 10.2 Å². The Labute approximate surface area is 66.0 Å². The van der Waals surface area contributed by atoms with Crippen molar-refractivity contribution >= 4 is 0 Å². The summed E-state index contributed by atoms with van der Waals surface area (Å²) in [5, 5.41) is 6.75. The van der Waals surface area contributed by atoms with Crippen LogP contribution in [0.3, 0.4) is 0 Å². The zero-order chi connectivity index (χ0) is 8.10. The summed E-state index contributed by atoms with van der Waals surface area (Å²) < 4.78 is 0. The largest absolute Gasteiger partial charge is 0.330 e. The van der Waals surface area contributed by atoms with Crippen LogP contribution in [0.1, 0.15) is 17.7 Å². The Morgan fingerprint density at radius 1 is 1.45 bits per heavy atom. The van der Waals surface area contributed by atoms with Gasteiger partial charge in [0.25, 0.3) is 0 Å². The third-order valence-electron chi connectivity index (χ3n) is 1.66. The maximum atomic E-state index is 5.46. The van der Waals surface area contributed by atoms with E-state index in [9.17, 15) is 0 Å². The van der Waals surface area contributed by atoms with E-state index in [1.807, 2.05) is 6.20 Å². The van der Waals surface area contributed by atoms with Gasteiger partial charge in [-0.25, -0.2) is 0 Å². The van der Waals surface area contributed by atoms with E-state index >= 15 is 0 Å². The van der Waals surface area contributed by atoms with Crippen molar-refractivity contribution < 1.29 is 0 Å². The molecular weight excluding hydrogens is 140 g/mol. The van der Waals surface area contributed by atoms with Gasteiger partial charge in [0.05, 0.1) is 11.9 Å². The van der Waals surface area contributed by atoms with Gasteiger partial charge < -0.3 is 11.5 Å². The lowest BCUT2D eigenvalue weighted by Gasteiger charge is -1.97. The maximum Gasteiger partial charge on any atom is 0.0522 e. The van der Waals surface area contributed by atoms with Crippen molar-refractivity contribution in [1.29, 1.82) is 0 Å². The molecule has 11 heavy (non-hydrogen) atoms. The van der Waals surface area contributed by atoms with Crippen LogP contribution in [0.4, 0.5) is 0 Å². The first-order valence-corrected chi connectivity index (χ1v) is 3.79. The number of nitrogens with two attached hydrogens (primary N) is 2. The molecule has 0 aliphatic rings. The molecule has 4 heteroatoms. The van der Waals surface area contributed by atoms with E-state index in [4.69, 9.17) is 11.5 Å². The smallest absolute Gasteiger partial charge is 0.0522 e. The van der Waals surface area contributed by atoms with E-state index in [2.05, 4.69) is 10.2 Å². The highest BCUT2D eigenvalue weighted by molar-refractivity contribution is 5.15. The summed E-state index contributed by atoms with van der Waals surface area (Å²) in [7, 11) is 0. The van der Waals surface area contributed by atoms with Gasteiger partial charge in [0.15, 0.2) is 0 Å². The average Bonchev–Trinajstić information content (AvgIpc) is 2.47. The lowest BCUT2D eigenvalue weighted by molar-refractivity contribution is 0.818. The molecule has 1 aromatic rings. The lowest BCUT2D eigenvalue weighted by atomic mass is 10.1. The van der Waals surface area contributed by atoms with Crippen LogP contribution < -0.4 is 11.5 Å². The highest BCUT2D eigenvalue weighted by atomic mass is 15.1. The van der Waals surface area contributed by atoms with E-state index in [-0.39, 0.29) is 0 Å².